The molecule has 0 aliphatic rings. The normalized spacial score (nSPS) is 10.5. The predicted octanol–water partition coefficient (Wildman–Crippen LogP) is 1.63. The molecule has 0 atom stereocenters. The summed E-state index contributed by atoms with van der Waals surface area (Å²) in [5.74, 6) is -0.734. The first kappa shape index (κ1) is 15.7. The molecule has 6 nitrogen and oxygen atoms in total. The molecule has 0 radical (unpaired) electrons. The molecule has 0 aliphatic carbocycles. The maximum atomic E-state index is 13.0. The molecule has 122 valence electrons. The number of hydrazine groups is 1. The molecule has 3 N–H and O–H groups in total. The van der Waals surface area contributed by atoms with Crippen molar-refractivity contribution in [1.29, 1.82) is 0 Å². The second-order valence-corrected chi connectivity index (χ2v) is 5.28. The van der Waals surface area contributed by atoms with E-state index in [0.717, 1.165) is 11.0 Å². The number of nitrogens with one attached hydrogen (secondary N) is 3. The summed E-state index contributed by atoms with van der Waals surface area (Å²) in [6.45, 7) is 0. The van der Waals surface area contributed by atoms with Crippen LogP contribution >= 0.6 is 0 Å². The van der Waals surface area contributed by atoms with Crippen LogP contribution in [0, 0.1) is 5.82 Å². The van der Waals surface area contributed by atoms with Gasteiger partial charge in [0.25, 0.3) is 0 Å². The van der Waals surface area contributed by atoms with Crippen LogP contribution in [0.4, 0.5) is 4.39 Å². The number of para-hydroxylation sites is 2. The zero-order valence-electron chi connectivity index (χ0n) is 12.7. The summed E-state index contributed by atoms with van der Waals surface area (Å²) in [5.41, 5.74) is 6.76. The minimum Gasteiger partial charge on any atom is -0.342 e. The Morgan fingerprint density at radius 2 is 1.75 bits per heavy atom. The van der Waals surface area contributed by atoms with Crippen LogP contribution in [0.1, 0.15) is 11.4 Å². The number of aromatic nitrogens is 2. The second-order valence-electron chi connectivity index (χ2n) is 5.28. The van der Waals surface area contributed by atoms with Crippen LogP contribution in [0.5, 0.6) is 0 Å². The second kappa shape index (κ2) is 6.91. The van der Waals surface area contributed by atoms with Crippen molar-refractivity contribution in [2.24, 2.45) is 0 Å². The SMILES string of the molecule is O=C(Cc1cccc(F)c1)NNC(=O)Cc1nc2ccccc2[nH]1. The van der Waals surface area contributed by atoms with Crippen molar-refractivity contribution >= 4 is 22.8 Å². The monoisotopic (exact) mass is 326 g/mol. The Balaban J connectivity index is 1.50. The quantitative estimate of drug-likeness (QED) is 0.637. The average molecular weight is 326 g/mol. The molecule has 0 aliphatic heterocycles. The van der Waals surface area contributed by atoms with Crippen molar-refractivity contribution < 1.29 is 14.0 Å². The van der Waals surface area contributed by atoms with Gasteiger partial charge in [-0.3, -0.25) is 20.4 Å². The number of hydrogen-bond acceptors (Lipinski definition) is 3. The molecule has 0 saturated heterocycles. The van der Waals surface area contributed by atoms with Gasteiger partial charge in [-0.1, -0.05) is 24.3 Å². The highest BCUT2D eigenvalue weighted by molar-refractivity contribution is 5.84. The lowest BCUT2D eigenvalue weighted by Crippen LogP contribution is -2.43. The van der Waals surface area contributed by atoms with Crippen LogP contribution in [0.3, 0.4) is 0 Å². The van der Waals surface area contributed by atoms with Gasteiger partial charge in [-0.2, -0.15) is 0 Å². The summed E-state index contributed by atoms with van der Waals surface area (Å²) in [5, 5.41) is 0. The van der Waals surface area contributed by atoms with Gasteiger partial charge in [0, 0.05) is 0 Å². The zero-order valence-corrected chi connectivity index (χ0v) is 12.7. The highest BCUT2D eigenvalue weighted by Crippen LogP contribution is 2.10. The minimum atomic E-state index is -0.432. The molecule has 0 unspecified atom stereocenters. The zero-order chi connectivity index (χ0) is 16.9. The molecule has 24 heavy (non-hydrogen) atoms. The Morgan fingerprint density at radius 3 is 2.50 bits per heavy atom. The molecule has 2 aromatic carbocycles. The van der Waals surface area contributed by atoms with Crippen LogP contribution in [0.15, 0.2) is 48.5 Å². The average Bonchev–Trinajstić information content (AvgIpc) is 2.95. The largest absolute Gasteiger partial charge is 0.342 e. The number of nitrogens with zero attached hydrogens (tertiary/aromatic N) is 1. The van der Waals surface area contributed by atoms with E-state index in [2.05, 4.69) is 20.8 Å². The number of carbonyl (C=O) groups is 2. The fourth-order valence-electron chi connectivity index (χ4n) is 2.30. The van der Waals surface area contributed by atoms with Crippen LogP contribution in [0.25, 0.3) is 11.0 Å². The summed E-state index contributed by atoms with van der Waals surface area (Å²) in [7, 11) is 0. The first-order valence-electron chi connectivity index (χ1n) is 7.36. The van der Waals surface area contributed by atoms with Gasteiger partial charge in [0.1, 0.15) is 11.6 Å². The maximum Gasteiger partial charge on any atom is 0.245 e. The van der Waals surface area contributed by atoms with E-state index in [0.29, 0.717) is 11.4 Å². The van der Waals surface area contributed by atoms with E-state index < -0.39 is 17.6 Å². The van der Waals surface area contributed by atoms with Crippen LogP contribution < -0.4 is 10.9 Å². The number of aromatic amines is 1. The summed E-state index contributed by atoms with van der Waals surface area (Å²) in [6.07, 6.45) is -0.0163. The highest BCUT2D eigenvalue weighted by atomic mass is 19.1. The van der Waals surface area contributed by atoms with E-state index in [4.69, 9.17) is 0 Å². The lowest BCUT2D eigenvalue weighted by atomic mass is 10.1. The first-order chi connectivity index (χ1) is 11.6. The molecule has 0 spiro atoms. The molecular weight excluding hydrogens is 311 g/mol. The minimum absolute atomic E-state index is 0.00885. The van der Waals surface area contributed by atoms with Gasteiger partial charge in [-0.15, -0.1) is 0 Å². The lowest BCUT2D eigenvalue weighted by Gasteiger charge is -2.06. The molecule has 0 bridgehead atoms. The van der Waals surface area contributed by atoms with Gasteiger partial charge in [0.2, 0.25) is 11.8 Å². The molecule has 0 saturated carbocycles. The molecule has 1 aromatic heterocycles. The molecule has 7 heteroatoms. The topological polar surface area (TPSA) is 86.9 Å². The summed E-state index contributed by atoms with van der Waals surface area (Å²) in [4.78, 5) is 30.9. The Hall–Kier alpha value is -3.22. The summed E-state index contributed by atoms with van der Waals surface area (Å²) in [6, 6.07) is 13.2. The van der Waals surface area contributed by atoms with Crippen molar-refractivity contribution in [3.05, 3.63) is 65.7 Å². The fourth-order valence-corrected chi connectivity index (χ4v) is 2.30. The maximum absolute atomic E-state index is 13.0. The van der Waals surface area contributed by atoms with E-state index in [1.807, 2.05) is 24.3 Å². The highest BCUT2D eigenvalue weighted by Gasteiger charge is 2.10. The van der Waals surface area contributed by atoms with Crippen molar-refractivity contribution in [2.45, 2.75) is 12.8 Å². The van der Waals surface area contributed by atoms with E-state index >= 15 is 0 Å². The van der Waals surface area contributed by atoms with E-state index in [9.17, 15) is 14.0 Å². The van der Waals surface area contributed by atoms with Gasteiger partial charge < -0.3 is 4.98 Å². The van der Waals surface area contributed by atoms with Crippen molar-refractivity contribution in [3.63, 3.8) is 0 Å². The molecule has 3 rings (SSSR count). The Bertz CT molecular complexity index is 858. The standard InChI is InChI=1S/C17H15FN4O2/c18-12-5-3-4-11(8-12)9-16(23)21-22-17(24)10-15-19-13-6-1-2-7-14(13)20-15/h1-8H,9-10H2,(H,19,20)(H,21,23)(H,22,24). The van der Waals surface area contributed by atoms with Gasteiger partial charge in [-0.05, 0) is 29.8 Å². The number of fused-ring (bicyclic) bond motifs is 1. The summed E-state index contributed by atoms with van der Waals surface area (Å²) >= 11 is 0. The molecule has 2 amide bonds. The first-order valence-corrected chi connectivity index (χ1v) is 7.36. The number of halogens is 1. The number of rotatable bonds is 4. The number of hydrogen-bond donors (Lipinski definition) is 3. The van der Waals surface area contributed by atoms with Gasteiger partial charge >= 0.3 is 0 Å². The summed E-state index contributed by atoms with van der Waals surface area (Å²) < 4.78 is 13.0. The third-order valence-corrected chi connectivity index (χ3v) is 3.36. The van der Waals surface area contributed by atoms with E-state index in [-0.39, 0.29) is 12.8 Å². The van der Waals surface area contributed by atoms with Crippen LogP contribution in [-0.2, 0) is 22.4 Å². The van der Waals surface area contributed by atoms with E-state index in [1.165, 1.54) is 18.2 Å². The fraction of sp³-hybridized carbons (Fsp3) is 0.118. The molecule has 1 heterocycles. The van der Waals surface area contributed by atoms with Crippen LogP contribution in [0.2, 0.25) is 0 Å². The van der Waals surface area contributed by atoms with Gasteiger partial charge in [0.05, 0.1) is 23.9 Å². The van der Waals surface area contributed by atoms with E-state index in [1.54, 1.807) is 6.07 Å². The number of benzene rings is 2. The molecule has 0 fully saturated rings. The lowest BCUT2D eigenvalue weighted by molar-refractivity contribution is -0.128. The van der Waals surface area contributed by atoms with Gasteiger partial charge in [0.15, 0.2) is 0 Å². The molecular formula is C17H15FN4O2. The van der Waals surface area contributed by atoms with Gasteiger partial charge in [-0.25, -0.2) is 9.37 Å². The number of H-pyrrole nitrogens is 1. The van der Waals surface area contributed by atoms with Crippen molar-refractivity contribution in [1.82, 2.24) is 20.8 Å². The number of carbonyl (C=O) groups excluding carboxylic acids is 2. The van der Waals surface area contributed by atoms with Crippen LogP contribution in [-0.4, -0.2) is 21.8 Å². The van der Waals surface area contributed by atoms with Crippen molar-refractivity contribution in [3.8, 4) is 0 Å². The number of amides is 2. The Labute approximate surface area is 137 Å². The predicted molar refractivity (Wildman–Crippen MR) is 86.2 cm³/mol. The number of imidazole rings is 1. The Kier molecular flexibility index (Phi) is 4.51. The Morgan fingerprint density at radius 1 is 1.00 bits per heavy atom. The molecule has 3 aromatic rings. The van der Waals surface area contributed by atoms with Crippen molar-refractivity contribution in [2.75, 3.05) is 0 Å². The third-order valence-electron chi connectivity index (χ3n) is 3.36. The third kappa shape index (κ3) is 3.95. The smallest absolute Gasteiger partial charge is 0.245 e.